The Morgan fingerprint density at radius 3 is 2.59 bits per heavy atom. The fourth-order valence-corrected chi connectivity index (χ4v) is 7.29. The van der Waals surface area contributed by atoms with Gasteiger partial charge in [-0.2, -0.15) is 0 Å². The maximum Gasteiger partial charge on any atom is 0.351 e. The van der Waals surface area contributed by atoms with E-state index in [9.17, 15) is 19.5 Å². The highest BCUT2D eigenvalue weighted by molar-refractivity contribution is 6.53. The number of halogens is 4. The largest absolute Gasteiger partial charge is 0.463 e. The van der Waals surface area contributed by atoms with Gasteiger partial charge < -0.3 is 14.6 Å². The minimum absolute atomic E-state index is 0.000688. The van der Waals surface area contributed by atoms with Crippen LogP contribution in [-0.4, -0.2) is 57.8 Å². The average Bonchev–Trinajstić information content (AvgIpc) is 3.04. The van der Waals surface area contributed by atoms with Crippen molar-refractivity contribution in [3.8, 4) is 0 Å². The van der Waals surface area contributed by atoms with Crippen molar-refractivity contribution < 1.29 is 37.7 Å². The van der Waals surface area contributed by atoms with Gasteiger partial charge in [0.1, 0.15) is 6.17 Å². The summed E-state index contributed by atoms with van der Waals surface area (Å²) in [7, 11) is 0. The van der Waals surface area contributed by atoms with Crippen LogP contribution in [0.1, 0.15) is 46.5 Å². The maximum absolute atomic E-state index is 17.1. The molecule has 4 aliphatic carbocycles. The lowest BCUT2D eigenvalue weighted by molar-refractivity contribution is -0.235. The van der Waals surface area contributed by atoms with Gasteiger partial charge in [-0.1, -0.05) is 36.2 Å². The van der Waals surface area contributed by atoms with Crippen LogP contribution in [0, 0.1) is 22.7 Å². The smallest absolute Gasteiger partial charge is 0.351 e. The third-order valence-electron chi connectivity index (χ3n) is 8.81. The molecule has 4 aliphatic rings. The number of allylic oxidation sites excluding steroid dienone is 4. The number of carbonyl (C=O) groups is 3. The lowest BCUT2D eigenvalue weighted by atomic mass is 9.44. The Morgan fingerprint density at radius 2 is 1.97 bits per heavy atom. The molecule has 188 valence electrons. The molecule has 0 aromatic heterocycles. The van der Waals surface area contributed by atoms with Crippen molar-refractivity contribution in [2.24, 2.45) is 22.7 Å². The number of ketones is 1. The minimum atomic E-state index is -2.31. The third-order valence-corrected chi connectivity index (χ3v) is 9.16. The van der Waals surface area contributed by atoms with Crippen molar-refractivity contribution >= 4 is 40.9 Å². The second kappa shape index (κ2) is 8.27. The molecule has 34 heavy (non-hydrogen) atoms. The van der Waals surface area contributed by atoms with Crippen LogP contribution in [0.25, 0.3) is 0 Å². The van der Waals surface area contributed by atoms with E-state index in [1.165, 1.54) is 19.1 Å². The number of hydrogen-bond acceptors (Lipinski definition) is 6. The summed E-state index contributed by atoms with van der Waals surface area (Å²) in [5.74, 6) is -3.97. The average molecular weight is 521 g/mol. The van der Waals surface area contributed by atoms with Gasteiger partial charge in [-0.25, -0.2) is 18.4 Å². The second-order valence-corrected chi connectivity index (χ2v) is 11.3. The number of aliphatic hydroxyl groups excluding tert-OH is 1. The molecule has 4 rings (SSSR count). The first kappa shape index (κ1) is 25.6. The molecule has 0 aromatic carbocycles. The summed E-state index contributed by atoms with van der Waals surface area (Å²) in [6.07, 6.45) is 0.0702. The predicted molar refractivity (Wildman–Crippen MR) is 120 cm³/mol. The van der Waals surface area contributed by atoms with Crippen LogP contribution in [0.15, 0.2) is 23.8 Å². The normalized spacial score (nSPS) is 45.2. The minimum Gasteiger partial charge on any atom is -0.463 e. The van der Waals surface area contributed by atoms with Crippen LogP contribution in [-0.2, 0) is 23.9 Å². The van der Waals surface area contributed by atoms with Crippen LogP contribution < -0.4 is 0 Å². The molecular formula is C24H28Cl2F2O6. The molecule has 0 heterocycles. The molecule has 8 atom stereocenters. The zero-order chi connectivity index (χ0) is 25.3. The number of hydrogen-bond donors (Lipinski definition) is 1. The van der Waals surface area contributed by atoms with Crippen LogP contribution in [0.5, 0.6) is 0 Å². The Kier molecular flexibility index (Phi) is 6.22. The highest BCUT2D eigenvalue weighted by Gasteiger charge is 2.77. The van der Waals surface area contributed by atoms with E-state index in [0.717, 1.165) is 6.08 Å². The van der Waals surface area contributed by atoms with Gasteiger partial charge in [0.05, 0.1) is 12.7 Å². The van der Waals surface area contributed by atoms with Crippen LogP contribution >= 0.6 is 23.2 Å². The molecule has 3 fully saturated rings. The Balaban J connectivity index is 1.83. The van der Waals surface area contributed by atoms with Gasteiger partial charge in [-0.05, 0) is 63.2 Å². The molecular weight excluding hydrogens is 493 g/mol. The Labute approximate surface area is 206 Å². The van der Waals surface area contributed by atoms with Crippen molar-refractivity contribution in [3.05, 3.63) is 23.8 Å². The zero-order valence-corrected chi connectivity index (χ0v) is 20.7. The van der Waals surface area contributed by atoms with Gasteiger partial charge >= 0.3 is 11.9 Å². The topological polar surface area (TPSA) is 89.9 Å². The summed E-state index contributed by atoms with van der Waals surface area (Å²) in [6, 6.07) is 0. The zero-order valence-electron chi connectivity index (χ0n) is 19.2. The first-order valence-corrected chi connectivity index (χ1v) is 12.3. The molecule has 0 unspecified atom stereocenters. The molecule has 0 radical (unpaired) electrons. The summed E-state index contributed by atoms with van der Waals surface area (Å²) >= 11 is 11.4. The van der Waals surface area contributed by atoms with E-state index in [-0.39, 0.29) is 37.9 Å². The number of fused-ring (bicyclic) bond motifs is 5. The van der Waals surface area contributed by atoms with Crippen LogP contribution in [0.2, 0.25) is 0 Å². The van der Waals surface area contributed by atoms with E-state index in [1.807, 2.05) is 0 Å². The van der Waals surface area contributed by atoms with Gasteiger partial charge in [-0.3, -0.25) is 4.79 Å². The van der Waals surface area contributed by atoms with E-state index in [0.29, 0.717) is 0 Å². The summed E-state index contributed by atoms with van der Waals surface area (Å²) < 4.78 is 43.5. The second-order valence-electron chi connectivity index (χ2n) is 10.2. The molecule has 3 saturated carbocycles. The molecule has 0 saturated heterocycles. The lowest BCUT2D eigenvalue weighted by Crippen LogP contribution is -2.70. The van der Waals surface area contributed by atoms with Gasteiger partial charge in [0.25, 0.3) is 0 Å². The highest BCUT2D eigenvalue weighted by atomic mass is 35.5. The van der Waals surface area contributed by atoms with Gasteiger partial charge in [0.2, 0.25) is 10.4 Å². The number of esters is 2. The molecule has 0 bridgehead atoms. The molecule has 1 N–H and O–H groups in total. The van der Waals surface area contributed by atoms with Gasteiger partial charge in [0, 0.05) is 16.7 Å². The first-order valence-electron chi connectivity index (χ1n) is 11.4. The van der Waals surface area contributed by atoms with E-state index in [2.05, 4.69) is 0 Å². The molecule has 10 heteroatoms. The Hall–Kier alpha value is -1.51. The van der Waals surface area contributed by atoms with Crippen molar-refractivity contribution in [1.82, 2.24) is 0 Å². The van der Waals surface area contributed by atoms with Crippen molar-refractivity contribution in [2.75, 3.05) is 6.61 Å². The van der Waals surface area contributed by atoms with Crippen LogP contribution in [0.3, 0.4) is 0 Å². The van der Waals surface area contributed by atoms with Gasteiger partial charge in [0.15, 0.2) is 11.5 Å². The molecule has 0 aliphatic heterocycles. The number of carbonyl (C=O) groups excluding carboxylic acids is 3. The summed E-state index contributed by atoms with van der Waals surface area (Å²) in [4.78, 5) is 36.0. The van der Waals surface area contributed by atoms with Crippen molar-refractivity contribution in [2.45, 2.75) is 74.8 Å². The van der Waals surface area contributed by atoms with Crippen LogP contribution in [0.4, 0.5) is 8.78 Å². The fraction of sp³-hybridized carbons (Fsp3) is 0.708. The quantitative estimate of drug-likeness (QED) is 0.445. The first-order chi connectivity index (χ1) is 15.8. The predicted octanol–water partition coefficient (Wildman–Crippen LogP) is 3.95. The van der Waals surface area contributed by atoms with E-state index < -0.39 is 68.8 Å². The van der Waals surface area contributed by atoms with Crippen molar-refractivity contribution in [1.29, 1.82) is 0 Å². The van der Waals surface area contributed by atoms with E-state index in [1.54, 1.807) is 13.8 Å². The Bertz CT molecular complexity index is 985. The molecule has 0 aromatic rings. The fourth-order valence-electron chi connectivity index (χ4n) is 7.20. The number of ether oxygens (including phenoxy) is 2. The highest BCUT2D eigenvalue weighted by Crippen LogP contribution is 2.70. The van der Waals surface area contributed by atoms with Gasteiger partial charge in [-0.15, -0.1) is 0 Å². The monoisotopic (exact) mass is 520 g/mol. The van der Waals surface area contributed by atoms with Crippen molar-refractivity contribution in [3.63, 3.8) is 0 Å². The summed E-state index contributed by atoms with van der Waals surface area (Å²) in [6.45, 7) is 4.72. The number of alkyl halides is 4. The maximum atomic E-state index is 17.1. The van der Waals surface area contributed by atoms with E-state index >= 15 is 8.78 Å². The molecule has 0 amide bonds. The summed E-state index contributed by atoms with van der Waals surface area (Å²) in [5, 5.41) is 11.3. The third kappa shape index (κ3) is 3.17. The number of rotatable bonds is 4. The van der Waals surface area contributed by atoms with E-state index in [4.69, 9.17) is 32.7 Å². The summed E-state index contributed by atoms with van der Waals surface area (Å²) in [5.41, 5.74) is -6.99. The lowest BCUT2D eigenvalue weighted by Gasteiger charge is -2.63. The number of aliphatic hydroxyl groups is 1. The molecule has 0 spiro atoms. The molecule has 6 nitrogen and oxygen atoms in total. The SMILES string of the molecule is CCOC(=O)[C@@]1(OC(=O)C(Cl)Cl)CC[C@H]2[C@@H]3C[C@H](F)C4=CC(=O)C=C[C@]4(C)[C@@]3(F)[C@@H](O)C[C@@]21C. The Morgan fingerprint density at radius 1 is 1.29 bits per heavy atom. The standard InChI is InChI=1S/C24H28Cl2F2O6/c1-4-33-20(32)23(34-19(31)18(25)26)8-6-13-14-10-16(27)15-9-12(29)5-7-21(15,2)24(14,28)17(30)11-22(13,23)3/h5,7,9,13-14,16-18,30H,4,6,8,10-11H2,1-3H3/t13-,14-,16-,17-,21-,22-,23-,24-/m0/s1.